The van der Waals surface area contributed by atoms with Crippen molar-refractivity contribution in [2.75, 3.05) is 13.1 Å². The summed E-state index contributed by atoms with van der Waals surface area (Å²) < 4.78 is 0. The molecule has 1 amide bonds. The number of aromatic nitrogens is 1. The Morgan fingerprint density at radius 3 is 2.75 bits per heavy atom. The van der Waals surface area contributed by atoms with Gasteiger partial charge in [0.1, 0.15) is 5.15 Å². The van der Waals surface area contributed by atoms with Crippen LogP contribution in [0.25, 0.3) is 0 Å². The van der Waals surface area contributed by atoms with Gasteiger partial charge in [0.2, 0.25) is 5.91 Å². The summed E-state index contributed by atoms with van der Waals surface area (Å²) in [5.74, 6) is 0.604. The van der Waals surface area contributed by atoms with Crippen molar-refractivity contribution in [3.63, 3.8) is 0 Å². The molecular weight excluding hydrogens is 224 g/mol. The van der Waals surface area contributed by atoms with Crippen LogP contribution in [0.1, 0.15) is 31.2 Å². The maximum atomic E-state index is 11.2. The fourth-order valence-electron chi connectivity index (χ4n) is 2.21. The van der Waals surface area contributed by atoms with E-state index in [0.717, 1.165) is 31.5 Å². The van der Waals surface area contributed by atoms with Gasteiger partial charge < -0.3 is 4.90 Å². The molecule has 1 aromatic heterocycles. The Morgan fingerprint density at radius 1 is 1.50 bits per heavy atom. The summed E-state index contributed by atoms with van der Waals surface area (Å²) in [4.78, 5) is 17.2. The Morgan fingerprint density at radius 2 is 2.19 bits per heavy atom. The molecule has 0 saturated carbocycles. The van der Waals surface area contributed by atoms with Crippen LogP contribution in [0, 0.1) is 0 Å². The summed E-state index contributed by atoms with van der Waals surface area (Å²) in [6.07, 6.45) is 3.66. The third-order valence-electron chi connectivity index (χ3n) is 3.17. The van der Waals surface area contributed by atoms with Gasteiger partial charge in [-0.15, -0.1) is 0 Å². The zero-order chi connectivity index (χ0) is 11.5. The van der Waals surface area contributed by atoms with Crippen molar-refractivity contribution >= 4 is 17.5 Å². The van der Waals surface area contributed by atoms with Gasteiger partial charge in [-0.3, -0.25) is 4.79 Å². The fraction of sp³-hybridized carbons (Fsp3) is 0.500. The van der Waals surface area contributed by atoms with Crippen LogP contribution in [-0.4, -0.2) is 28.9 Å². The topological polar surface area (TPSA) is 33.2 Å². The molecule has 1 fully saturated rings. The predicted molar refractivity (Wildman–Crippen MR) is 63.5 cm³/mol. The molecule has 2 rings (SSSR count). The molecule has 1 aromatic rings. The van der Waals surface area contributed by atoms with Crippen LogP contribution < -0.4 is 0 Å². The number of carbonyl (C=O) groups is 1. The van der Waals surface area contributed by atoms with Crippen molar-refractivity contribution in [2.45, 2.75) is 25.7 Å². The molecule has 2 heterocycles. The average Bonchev–Trinajstić information content (AvgIpc) is 2.30. The highest BCUT2D eigenvalue weighted by atomic mass is 35.5. The lowest BCUT2D eigenvalue weighted by Gasteiger charge is -2.31. The van der Waals surface area contributed by atoms with E-state index in [1.807, 2.05) is 17.0 Å². The van der Waals surface area contributed by atoms with Crippen LogP contribution in [0.4, 0.5) is 0 Å². The number of hydrogen-bond acceptors (Lipinski definition) is 2. The first kappa shape index (κ1) is 11.4. The first-order valence-electron chi connectivity index (χ1n) is 5.54. The standard InChI is InChI=1S/C12H15ClN2O/c1-9(16)15-7-4-10(5-8-15)11-3-2-6-14-12(11)13/h2-3,6,10H,4-5,7-8H2,1H3. The molecule has 3 nitrogen and oxygen atoms in total. The van der Waals surface area contributed by atoms with Gasteiger partial charge in [-0.25, -0.2) is 4.98 Å². The van der Waals surface area contributed by atoms with Gasteiger partial charge in [-0.1, -0.05) is 17.7 Å². The van der Waals surface area contributed by atoms with E-state index in [0.29, 0.717) is 11.1 Å². The van der Waals surface area contributed by atoms with E-state index in [1.165, 1.54) is 0 Å². The van der Waals surface area contributed by atoms with E-state index in [2.05, 4.69) is 4.98 Å². The molecular formula is C12H15ClN2O. The SMILES string of the molecule is CC(=O)N1CCC(c2cccnc2Cl)CC1. The Bertz CT molecular complexity index is 386. The number of halogens is 1. The summed E-state index contributed by atoms with van der Waals surface area (Å²) >= 11 is 6.06. The monoisotopic (exact) mass is 238 g/mol. The number of piperidine rings is 1. The lowest BCUT2D eigenvalue weighted by molar-refractivity contribution is -0.129. The Balaban J connectivity index is 2.05. The van der Waals surface area contributed by atoms with E-state index < -0.39 is 0 Å². The highest BCUT2D eigenvalue weighted by molar-refractivity contribution is 6.30. The highest BCUT2D eigenvalue weighted by Crippen LogP contribution is 2.31. The molecule has 0 N–H and O–H groups in total. The first-order chi connectivity index (χ1) is 7.68. The fourth-order valence-corrected chi connectivity index (χ4v) is 2.48. The molecule has 16 heavy (non-hydrogen) atoms. The van der Waals surface area contributed by atoms with Crippen molar-refractivity contribution in [2.24, 2.45) is 0 Å². The average molecular weight is 239 g/mol. The summed E-state index contributed by atoms with van der Waals surface area (Å²) in [5, 5.41) is 0.601. The van der Waals surface area contributed by atoms with Crippen molar-refractivity contribution in [1.29, 1.82) is 0 Å². The number of carbonyl (C=O) groups excluding carboxylic acids is 1. The zero-order valence-corrected chi connectivity index (χ0v) is 10.1. The third kappa shape index (κ3) is 2.35. The molecule has 0 aromatic carbocycles. The largest absolute Gasteiger partial charge is 0.343 e. The van der Waals surface area contributed by atoms with Crippen LogP contribution in [0.15, 0.2) is 18.3 Å². The summed E-state index contributed by atoms with van der Waals surface area (Å²) in [7, 11) is 0. The molecule has 0 aliphatic carbocycles. The number of amides is 1. The molecule has 0 radical (unpaired) electrons. The second-order valence-corrected chi connectivity index (χ2v) is 4.52. The van der Waals surface area contributed by atoms with E-state index in [-0.39, 0.29) is 5.91 Å². The normalized spacial score (nSPS) is 17.5. The van der Waals surface area contributed by atoms with Gasteiger partial charge >= 0.3 is 0 Å². The summed E-state index contributed by atoms with van der Waals surface area (Å²) in [5.41, 5.74) is 1.12. The second kappa shape index (κ2) is 4.83. The maximum Gasteiger partial charge on any atom is 0.219 e. The number of pyridine rings is 1. The van der Waals surface area contributed by atoms with Crippen molar-refractivity contribution in [3.8, 4) is 0 Å². The van der Waals surface area contributed by atoms with Gasteiger partial charge in [0.15, 0.2) is 0 Å². The highest BCUT2D eigenvalue weighted by Gasteiger charge is 2.23. The zero-order valence-electron chi connectivity index (χ0n) is 9.32. The Labute approximate surface area is 100 Å². The van der Waals surface area contributed by atoms with Gasteiger partial charge in [0.05, 0.1) is 0 Å². The minimum absolute atomic E-state index is 0.163. The molecule has 1 saturated heterocycles. The van der Waals surface area contributed by atoms with Gasteiger partial charge in [-0.2, -0.15) is 0 Å². The molecule has 0 unspecified atom stereocenters. The molecule has 4 heteroatoms. The molecule has 86 valence electrons. The van der Waals surface area contributed by atoms with Crippen LogP contribution in [0.5, 0.6) is 0 Å². The lowest BCUT2D eigenvalue weighted by atomic mass is 9.90. The number of rotatable bonds is 1. The molecule has 1 aliphatic heterocycles. The van der Waals surface area contributed by atoms with Crippen molar-refractivity contribution < 1.29 is 4.79 Å². The molecule has 0 spiro atoms. The number of hydrogen-bond donors (Lipinski definition) is 0. The smallest absolute Gasteiger partial charge is 0.219 e. The molecule has 0 bridgehead atoms. The van der Waals surface area contributed by atoms with Gasteiger partial charge in [-0.05, 0) is 30.4 Å². The maximum absolute atomic E-state index is 11.2. The number of likely N-dealkylation sites (tertiary alicyclic amines) is 1. The van der Waals surface area contributed by atoms with Crippen molar-refractivity contribution in [1.82, 2.24) is 9.88 Å². The summed E-state index contributed by atoms with van der Waals surface area (Å²) in [6.45, 7) is 3.27. The van der Waals surface area contributed by atoms with Gasteiger partial charge in [0.25, 0.3) is 0 Å². The lowest BCUT2D eigenvalue weighted by Crippen LogP contribution is -2.36. The van der Waals surface area contributed by atoms with Crippen LogP contribution in [0.3, 0.4) is 0 Å². The van der Waals surface area contributed by atoms with E-state index in [9.17, 15) is 4.79 Å². The van der Waals surface area contributed by atoms with Crippen LogP contribution in [-0.2, 0) is 4.79 Å². The quantitative estimate of drug-likeness (QED) is 0.705. The summed E-state index contributed by atoms with van der Waals surface area (Å²) in [6, 6.07) is 3.95. The molecule has 1 aliphatic rings. The minimum Gasteiger partial charge on any atom is -0.343 e. The van der Waals surface area contributed by atoms with Crippen LogP contribution >= 0.6 is 11.6 Å². The van der Waals surface area contributed by atoms with Crippen LogP contribution in [0.2, 0.25) is 5.15 Å². The molecule has 0 atom stereocenters. The van der Waals surface area contributed by atoms with E-state index in [1.54, 1.807) is 13.1 Å². The van der Waals surface area contributed by atoms with Crippen molar-refractivity contribution in [3.05, 3.63) is 29.0 Å². The Kier molecular flexibility index (Phi) is 3.44. The van der Waals surface area contributed by atoms with E-state index in [4.69, 9.17) is 11.6 Å². The third-order valence-corrected chi connectivity index (χ3v) is 3.48. The minimum atomic E-state index is 0.163. The first-order valence-corrected chi connectivity index (χ1v) is 5.92. The Hall–Kier alpha value is -1.09. The van der Waals surface area contributed by atoms with Gasteiger partial charge in [0, 0.05) is 26.2 Å². The number of nitrogens with zero attached hydrogens (tertiary/aromatic N) is 2. The predicted octanol–water partition coefficient (Wildman–Crippen LogP) is 2.46. The van der Waals surface area contributed by atoms with E-state index >= 15 is 0 Å². The second-order valence-electron chi connectivity index (χ2n) is 4.16.